The summed E-state index contributed by atoms with van der Waals surface area (Å²) in [6, 6.07) is 10.7. The highest BCUT2D eigenvalue weighted by molar-refractivity contribution is 6.38. The summed E-state index contributed by atoms with van der Waals surface area (Å²) in [5, 5.41) is 15.2. The van der Waals surface area contributed by atoms with Crippen LogP contribution in [0.1, 0.15) is 11.1 Å². The number of hydrogen-bond donors (Lipinski definition) is 1. The molecule has 0 atom stereocenters. The Kier molecular flexibility index (Phi) is 5.67. The van der Waals surface area contributed by atoms with E-state index in [0.29, 0.717) is 21.2 Å². The fourth-order valence-corrected chi connectivity index (χ4v) is 2.26. The molecule has 118 valence electrons. The first-order valence-electron chi connectivity index (χ1n) is 6.46. The average Bonchev–Trinajstić information content (AvgIpc) is 2.51. The predicted octanol–water partition coefficient (Wildman–Crippen LogP) is 3.59. The van der Waals surface area contributed by atoms with Crippen LogP contribution < -0.4 is 5.43 Å². The highest BCUT2D eigenvalue weighted by Crippen LogP contribution is 2.22. The molecule has 6 nitrogen and oxygen atoms in total. The number of nitro groups is 1. The van der Waals surface area contributed by atoms with Gasteiger partial charge in [-0.15, -0.1) is 0 Å². The normalized spacial score (nSPS) is 10.7. The van der Waals surface area contributed by atoms with Crippen LogP contribution in [0, 0.1) is 10.1 Å². The molecule has 0 fully saturated rings. The van der Waals surface area contributed by atoms with Gasteiger partial charge in [0.1, 0.15) is 0 Å². The molecule has 0 aliphatic rings. The lowest BCUT2D eigenvalue weighted by atomic mass is 10.1. The molecule has 0 heterocycles. The first-order valence-corrected chi connectivity index (χ1v) is 7.22. The van der Waals surface area contributed by atoms with Gasteiger partial charge in [0.05, 0.1) is 27.6 Å². The number of benzene rings is 2. The number of nitrogens with zero attached hydrogens (tertiary/aromatic N) is 2. The van der Waals surface area contributed by atoms with Gasteiger partial charge in [0.15, 0.2) is 0 Å². The summed E-state index contributed by atoms with van der Waals surface area (Å²) in [7, 11) is 0. The van der Waals surface area contributed by atoms with E-state index in [1.54, 1.807) is 18.2 Å². The maximum atomic E-state index is 11.8. The van der Waals surface area contributed by atoms with Crippen LogP contribution in [0.4, 0.5) is 5.69 Å². The van der Waals surface area contributed by atoms with Gasteiger partial charge in [-0.05, 0) is 17.7 Å². The Morgan fingerprint density at radius 2 is 1.78 bits per heavy atom. The van der Waals surface area contributed by atoms with Gasteiger partial charge in [-0.25, -0.2) is 5.43 Å². The predicted molar refractivity (Wildman–Crippen MR) is 89.0 cm³/mol. The van der Waals surface area contributed by atoms with Crippen LogP contribution in [0.3, 0.4) is 0 Å². The van der Waals surface area contributed by atoms with E-state index in [4.69, 9.17) is 23.2 Å². The fourth-order valence-electron chi connectivity index (χ4n) is 1.76. The molecule has 0 aliphatic heterocycles. The second-order valence-corrected chi connectivity index (χ2v) is 5.34. The highest BCUT2D eigenvalue weighted by Gasteiger charge is 2.07. The van der Waals surface area contributed by atoms with Crippen LogP contribution in [0.2, 0.25) is 10.0 Å². The number of hydrogen-bond acceptors (Lipinski definition) is 4. The molecular weight excluding hydrogens is 341 g/mol. The van der Waals surface area contributed by atoms with Crippen molar-refractivity contribution in [1.82, 2.24) is 5.43 Å². The van der Waals surface area contributed by atoms with Gasteiger partial charge in [-0.2, -0.15) is 5.10 Å². The quantitative estimate of drug-likeness (QED) is 0.507. The van der Waals surface area contributed by atoms with Crippen LogP contribution in [0.5, 0.6) is 0 Å². The van der Waals surface area contributed by atoms with Crippen molar-refractivity contribution < 1.29 is 9.72 Å². The number of carbonyl (C=O) groups excluding carboxylic acids is 1. The van der Waals surface area contributed by atoms with Crippen molar-refractivity contribution in [3.63, 3.8) is 0 Å². The van der Waals surface area contributed by atoms with Crippen LogP contribution in [-0.4, -0.2) is 17.0 Å². The molecule has 2 rings (SSSR count). The van der Waals surface area contributed by atoms with Gasteiger partial charge in [0, 0.05) is 17.7 Å². The number of nitrogens with one attached hydrogen (secondary N) is 1. The van der Waals surface area contributed by atoms with E-state index in [1.165, 1.54) is 30.5 Å². The van der Waals surface area contributed by atoms with Crippen LogP contribution in [0.25, 0.3) is 0 Å². The van der Waals surface area contributed by atoms with Crippen molar-refractivity contribution >= 4 is 41.0 Å². The maximum Gasteiger partial charge on any atom is 0.269 e. The Balaban J connectivity index is 1.95. The first kappa shape index (κ1) is 16.9. The van der Waals surface area contributed by atoms with E-state index < -0.39 is 4.92 Å². The van der Waals surface area contributed by atoms with E-state index in [9.17, 15) is 14.9 Å². The van der Waals surface area contributed by atoms with Gasteiger partial charge in [-0.1, -0.05) is 41.4 Å². The number of hydrazone groups is 1. The number of halogens is 2. The van der Waals surface area contributed by atoms with Crippen molar-refractivity contribution in [3.8, 4) is 0 Å². The standard InChI is InChI=1S/C15H11Cl2N3O3/c16-13-2-1-3-14(17)12(13)9-18-19-15(21)8-10-4-6-11(7-5-10)20(22)23/h1-7,9H,8H2,(H,19,21). The molecular formula is C15H11Cl2N3O3. The van der Waals surface area contributed by atoms with E-state index in [1.807, 2.05) is 0 Å². The molecule has 8 heteroatoms. The third kappa shape index (κ3) is 4.77. The largest absolute Gasteiger partial charge is 0.273 e. The monoisotopic (exact) mass is 351 g/mol. The zero-order chi connectivity index (χ0) is 16.8. The van der Waals surface area contributed by atoms with Crippen molar-refractivity contribution in [2.75, 3.05) is 0 Å². The summed E-state index contributed by atoms with van der Waals surface area (Å²) < 4.78 is 0. The van der Waals surface area contributed by atoms with Gasteiger partial charge in [0.2, 0.25) is 5.91 Å². The summed E-state index contributed by atoms with van der Waals surface area (Å²) in [6.07, 6.45) is 1.41. The number of carbonyl (C=O) groups is 1. The second-order valence-electron chi connectivity index (χ2n) is 4.53. The minimum absolute atomic E-state index is 0.0273. The summed E-state index contributed by atoms with van der Waals surface area (Å²) >= 11 is 11.9. The molecule has 1 amide bonds. The molecule has 0 saturated heterocycles. The Hall–Kier alpha value is -2.44. The molecule has 0 aromatic heterocycles. The summed E-state index contributed by atoms with van der Waals surface area (Å²) in [6.45, 7) is 0. The van der Waals surface area contributed by atoms with Crippen molar-refractivity contribution in [2.24, 2.45) is 5.10 Å². The van der Waals surface area contributed by atoms with Crippen molar-refractivity contribution in [1.29, 1.82) is 0 Å². The molecule has 2 aromatic rings. The van der Waals surface area contributed by atoms with Gasteiger partial charge in [-0.3, -0.25) is 14.9 Å². The number of non-ortho nitro benzene ring substituents is 1. The minimum Gasteiger partial charge on any atom is -0.273 e. The van der Waals surface area contributed by atoms with Crippen LogP contribution in [-0.2, 0) is 11.2 Å². The molecule has 0 unspecified atom stereocenters. The van der Waals surface area contributed by atoms with E-state index >= 15 is 0 Å². The molecule has 1 N–H and O–H groups in total. The smallest absolute Gasteiger partial charge is 0.269 e. The Labute approximate surface area is 141 Å². The summed E-state index contributed by atoms with van der Waals surface area (Å²) in [5.41, 5.74) is 3.47. The average molecular weight is 352 g/mol. The third-order valence-corrected chi connectivity index (χ3v) is 3.55. The topological polar surface area (TPSA) is 84.6 Å². The van der Waals surface area contributed by atoms with Crippen LogP contribution >= 0.6 is 23.2 Å². The lowest BCUT2D eigenvalue weighted by molar-refractivity contribution is -0.384. The molecule has 0 bridgehead atoms. The Bertz CT molecular complexity index is 741. The van der Waals surface area contributed by atoms with Gasteiger partial charge >= 0.3 is 0 Å². The fraction of sp³-hybridized carbons (Fsp3) is 0.0667. The first-order chi connectivity index (χ1) is 11.0. The molecule has 0 radical (unpaired) electrons. The molecule has 23 heavy (non-hydrogen) atoms. The van der Waals surface area contributed by atoms with Crippen LogP contribution in [0.15, 0.2) is 47.6 Å². The second kappa shape index (κ2) is 7.71. The molecule has 2 aromatic carbocycles. The highest BCUT2D eigenvalue weighted by atomic mass is 35.5. The minimum atomic E-state index is -0.499. The maximum absolute atomic E-state index is 11.8. The number of nitro benzene ring substituents is 1. The van der Waals surface area contributed by atoms with E-state index in [2.05, 4.69) is 10.5 Å². The number of amides is 1. The van der Waals surface area contributed by atoms with Gasteiger partial charge < -0.3 is 0 Å². The van der Waals surface area contributed by atoms with Crippen molar-refractivity contribution in [3.05, 3.63) is 73.8 Å². The van der Waals surface area contributed by atoms with Gasteiger partial charge in [0.25, 0.3) is 5.69 Å². The number of rotatable bonds is 5. The zero-order valence-electron chi connectivity index (χ0n) is 11.7. The zero-order valence-corrected chi connectivity index (χ0v) is 13.2. The summed E-state index contributed by atoms with van der Waals surface area (Å²) in [4.78, 5) is 21.8. The third-order valence-electron chi connectivity index (χ3n) is 2.89. The molecule has 0 saturated carbocycles. The van der Waals surface area contributed by atoms with E-state index in [-0.39, 0.29) is 18.0 Å². The Morgan fingerprint density at radius 1 is 1.17 bits per heavy atom. The lowest BCUT2D eigenvalue weighted by Crippen LogP contribution is -2.19. The molecule has 0 aliphatic carbocycles. The summed E-state index contributed by atoms with van der Waals surface area (Å²) in [5.74, 6) is -0.363. The van der Waals surface area contributed by atoms with Crippen molar-refractivity contribution in [2.45, 2.75) is 6.42 Å². The van der Waals surface area contributed by atoms with E-state index in [0.717, 1.165) is 0 Å². The lowest BCUT2D eigenvalue weighted by Gasteiger charge is -2.02. The molecule has 0 spiro atoms. The SMILES string of the molecule is O=C(Cc1ccc([N+](=O)[O-])cc1)NN=Cc1c(Cl)cccc1Cl. The Morgan fingerprint density at radius 3 is 2.35 bits per heavy atom.